The van der Waals surface area contributed by atoms with E-state index in [1.165, 1.54) is 11.3 Å². The van der Waals surface area contributed by atoms with Crippen molar-refractivity contribution in [3.8, 4) is 0 Å². The number of benzene rings is 1. The predicted octanol–water partition coefficient (Wildman–Crippen LogP) is 1.30. The average molecular weight is 303 g/mol. The molecule has 1 aliphatic heterocycles. The molecule has 5 nitrogen and oxygen atoms in total. The van der Waals surface area contributed by atoms with Crippen molar-refractivity contribution < 1.29 is 0 Å². The summed E-state index contributed by atoms with van der Waals surface area (Å²) < 4.78 is 0. The van der Waals surface area contributed by atoms with Gasteiger partial charge in [-0.25, -0.2) is 0 Å². The summed E-state index contributed by atoms with van der Waals surface area (Å²) in [7, 11) is 3.68. The molecular formula is C17H29N5. The monoisotopic (exact) mass is 303 g/mol. The highest BCUT2D eigenvalue weighted by Gasteiger charge is 2.16. The van der Waals surface area contributed by atoms with Crippen LogP contribution in [0.25, 0.3) is 0 Å². The van der Waals surface area contributed by atoms with Crippen LogP contribution < -0.4 is 15.5 Å². The second-order valence-corrected chi connectivity index (χ2v) is 5.77. The quantitative estimate of drug-likeness (QED) is 0.489. The third-order valence-electron chi connectivity index (χ3n) is 4.14. The summed E-state index contributed by atoms with van der Waals surface area (Å²) in [4.78, 5) is 9.16. The maximum atomic E-state index is 4.12. The highest BCUT2D eigenvalue weighted by atomic mass is 15.3. The molecule has 1 aromatic carbocycles. The van der Waals surface area contributed by atoms with E-state index in [4.69, 9.17) is 0 Å². The normalized spacial score (nSPS) is 16.7. The third-order valence-corrected chi connectivity index (χ3v) is 4.14. The van der Waals surface area contributed by atoms with Gasteiger partial charge in [-0.15, -0.1) is 0 Å². The lowest BCUT2D eigenvalue weighted by molar-refractivity contribution is 0.255. The topological polar surface area (TPSA) is 42.9 Å². The van der Waals surface area contributed by atoms with Crippen molar-refractivity contribution in [2.24, 2.45) is 4.99 Å². The Kier molecular flexibility index (Phi) is 6.52. The van der Waals surface area contributed by atoms with Crippen LogP contribution in [-0.2, 0) is 0 Å². The summed E-state index contributed by atoms with van der Waals surface area (Å²) >= 11 is 0. The molecule has 22 heavy (non-hydrogen) atoms. The van der Waals surface area contributed by atoms with Gasteiger partial charge in [0.1, 0.15) is 0 Å². The van der Waals surface area contributed by atoms with Gasteiger partial charge in [-0.1, -0.05) is 12.1 Å². The lowest BCUT2D eigenvalue weighted by atomic mass is 10.2. The van der Waals surface area contributed by atoms with Crippen LogP contribution in [0.2, 0.25) is 0 Å². The van der Waals surface area contributed by atoms with Crippen LogP contribution in [0.15, 0.2) is 29.3 Å². The summed E-state index contributed by atoms with van der Waals surface area (Å²) in [6.45, 7) is 8.81. The van der Waals surface area contributed by atoms with Crippen LogP contribution >= 0.6 is 0 Å². The molecule has 0 saturated carbocycles. The number of rotatable bonds is 5. The number of piperazine rings is 1. The molecule has 2 rings (SSSR count). The van der Waals surface area contributed by atoms with E-state index in [2.05, 4.69) is 56.6 Å². The molecule has 0 unspecified atom stereocenters. The second kappa shape index (κ2) is 8.63. The second-order valence-electron chi connectivity index (χ2n) is 5.77. The van der Waals surface area contributed by atoms with Crippen molar-refractivity contribution in [2.75, 3.05) is 58.3 Å². The summed E-state index contributed by atoms with van der Waals surface area (Å²) in [6.07, 6.45) is 1.14. The van der Waals surface area contributed by atoms with Crippen molar-refractivity contribution >= 4 is 11.6 Å². The Bertz CT molecular complexity index is 478. The molecule has 1 aromatic rings. The number of guanidine groups is 1. The fourth-order valence-corrected chi connectivity index (χ4v) is 2.84. The molecule has 122 valence electrons. The first-order valence-electron chi connectivity index (χ1n) is 8.15. The Labute approximate surface area is 134 Å². The van der Waals surface area contributed by atoms with E-state index < -0.39 is 0 Å². The molecule has 5 heteroatoms. The zero-order chi connectivity index (χ0) is 15.8. The number of nitrogens with one attached hydrogen (secondary N) is 2. The predicted molar refractivity (Wildman–Crippen MR) is 94.9 cm³/mol. The Hall–Kier alpha value is -1.75. The van der Waals surface area contributed by atoms with Crippen molar-refractivity contribution in [3.63, 3.8) is 0 Å². The molecule has 0 radical (unpaired) electrons. The molecule has 1 fully saturated rings. The molecule has 1 aliphatic rings. The highest BCUT2D eigenvalue weighted by Crippen LogP contribution is 2.17. The molecule has 1 heterocycles. The number of aliphatic imine (C=N–C) groups is 1. The van der Waals surface area contributed by atoms with Gasteiger partial charge >= 0.3 is 0 Å². The third kappa shape index (κ3) is 4.91. The van der Waals surface area contributed by atoms with Gasteiger partial charge in [0, 0.05) is 52.5 Å². The van der Waals surface area contributed by atoms with Crippen molar-refractivity contribution in [3.05, 3.63) is 29.8 Å². The lowest BCUT2D eigenvalue weighted by Gasteiger charge is -2.36. The van der Waals surface area contributed by atoms with Crippen molar-refractivity contribution in [1.29, 1.82) is 0 Å². The molecule has 2 N–H and O–H groups in total. The number of nitrogens with zero attached hydrogens (tertiary/aromatic N) is 3. The molecule has 0 atom stereocenters. The van der Waals surface area contributed by atoms with Gasteiger partial charge in [0.15, 0.2) is 5.96 Å². The zero-order valence-electron chi connectivity index (χ0n) is 14.1. The lowest BCUT2D eigenvalue weighted by Crippen LogP contribution is -2.47. The fraction of sp³-hybridized carbons (Fsp3) is 0.588. The number of hydrogen-bond acceptors (Lipinski definition) is 3. The Morgan fingerprint density at radius 1 is 1.23 bits per heavy atom. The van der Waals surface area contributed by atoms with Crippen molar-refractivity contribution in [1.82, 2.24) is 15.5 Å². The first-order valence-corrected chi connectivity index (χ1v) is 8.15. The summed E-state index contributed by atoms with van der Waals surface area (Å²) in [5.74, 6) is 0.865. The van der Waals surface area contributed by atoms with E-state index in [1.807, 2.05) is 7.05 Å². The fourth-order valence-electron chi connectivity index (χ4n) is 2.84. The van der Waals surface area contributed by atoms with Gasteiger partial charge in [-0.2, -0.15) is 0 Å². The molecule has 0 spiro atoms. The van der Waals surface area contributed by atoms with Gasteiger partial charge in [0.2, 0.25) is 0 Å². The Morgan fingerprint density at radius 2 is 2.00 bits per heavy atom. The number of hydrogen-bond donors (Lipinski definition) is 2. The van der Waals surface area contributed by atoms with Crippen LogP contribution in [0.5, 0.6) is 0 Å². The minimum absolute atomic E-state index is 0.865. The van der Waals surface area contributed by atoms with Crippen LogP contribution in [0.3, 0.4) is 0 Å². The van der Waals surface area contributed by atoms with Crippen LogP contribution in [0.1, 0.15) is 12.0 Å². The molecule has 0 bridgehead atoms. The smallest absolute Gasteiger partial charge is 0.190 e. The average Bonchev–Trinajstić information content (AvgIpc) is 2.55. The summed E-state index contributed by atoms with van der Waals surface area (Å²) in [5.41, 5.74) is 2.70. The molecule has 0 aromatic heterocycles. The maximum absolute atomic E-state index is 4.12. The van der Waals surface area contributed by atoms with Crippen molar-refractivity contribution in [2.45, 2.75) is 13.3 Å². The first-order chi connectivity index (χ1) is 10.7. The molecular weight excluding hydrogens is 274 g/mol. The van der Waals surface area contributed by atoms with E-state index >= 15 is 0 Å². The first kappa shape index (κ1) is 16.6. The van der Waals surface area contributed by atoms with Gasteiger partial charge in [-0.3, -0.25) is 9.89 Å². The van der Waals surface area contributed by atoms with E-state index in [-0.39, 0.29) is 0 Å². The van der Waals surface area contributed by atoms with Gasteiger partial charge in [-0.05, 0) is 37.6 Å². The van der Waals surface area contributed by atoms with Crippen LogP contribution in [-0.4, -0.2) is 64.2 Å². The van der Waals surface area contributed by atoms with E-state index in [0.29, 0.717) is 0 Å². The summed E-state index contributed by atoms with van der Waals surface area (Å²) in [6, 6.07) is 8.81. The minimum atomic E-state index is 0.865. The SMILES string of the molecule is CN=C(NC)NCCCN1CCN(c2cccc(C)c2)CC1. The Balaban J connectivity index is 1.67. The van der Waals surface area contributed by atoms with E-state index in [1.54, 1.807) is 7.05 Å². The zero-order valence-corrected chi connectivity index (χ0v) is 14.1. The highest BCUT2D eigenvalue weighted by molar-refractivity contribution is 5.79. The number of anilines is 1. The minimum Gasteiger partial charge on any atom is -0.369 e. The standard InChI is InChI=1S/C17H29N5/c1-15-6-4-7-16(14-15)22-12-10-21(11-13-22)9-5-8-20-17(18-2)19-3/h4,6-7,14H,5,8-13H2,1-3H3,(H2,18,19,20). The molecule has 1 saturated heterocycles. The van der Waals surface area contributed by atoms with Crippen LogP contribution in [0, 0.1) is 6.92 Å². The van der Waals surface area contributed by atoms with Gasteiger partial charge in [0.05, 0.1) is 0 Å². The molecule has 0 aliphatic carbocycles. The Morgan fingerprint density at radius 3 is 2.64 bits per heavy atom. The van der Waals surface area contributed by atoms with Gasteiger partial charge in [0.25, 0.3) is 0 Å². The summed E-state index contributed by atoms with van der Waals surface area (Å²) in [5, 5.41) is 6.34. The number of aryl methyl sites for hydroxylation is 1. The molecule has 0 amide bonds. The van der Waals surface area contributed by atoms with E-state index in [9.17, 15) is 0 Å². The van der Waals surface area contributed by atoms with Gasteiger partial charge < -0.3 is 15.5 Å². The largest absolute Gasteiger partial charge is 0.369 e. The van der Waals surface area contributed by atoms with Crippen LogP contribution in [0.4, 0.5) is 5.69 Å². The maximum Gasteiger partial charge on any atom is 0.190 e. The van der Waals surface area contributed by atoms with E-state index in [0.717, 1.165) is 51.6 Å².